The number of hydrogen-bond donors (Lipinski definition) is 1. The predicted molar refractivity (Wildman–Crippen MR) is 133 cm³/mol. The third-order valence-electron chi connectivity index (χ3n) is 6.43. The Bertz CT molecular complexity index is 1190. The number of ether oxygens (including phenoxy) is 3. The Labute approximate surface area is 205 Å². The van der Waals surface area contributed by atoms with Crippen LogP contribution in [0.3, 0.4) is 0 Å². The second-order valence-electron chi connectivity index (χ2n) is 9.25. The van der Waals surface area contributed by atoms with Gasteiger partial charge < -0.3 is 19.5 Å². The molecule has 1 saturated heterocycles. The standard InChI is InChI=1S/C26H33N5O4/c1-18(2)31-25-21(17-28-31)20(26(32)27-7-3-4-8-30-9-11-33-12-10-30)16-22(29-25)19-5-6-23-24(15-19)35-14-13-34-23/h5-6,15-18H,3-4,7-14H2,1-2H3,(H,27,32). The van der Waals surface area contributed by atoms with Crippen LogP contribution in [0.2, 0.25) is 0 Å². The number of rotatable bonds is 8. The van der Waals surface area contributed by atoms with Crippen LogP contribution in [-0.4, -0.2) is 78.2 Å². The van der Waals surface area contributed by atoms with Crippen molar-refractivity contribution in [2.75, 3.05) is 52.6 Å². The fourth-order valence-electron chi connectivity index (χ4n) is 4.52. The topological polar surface area (TPSA) is 90.7 Å². The van der Waals surface area contributed by atoms with Crippen LogP contribution in [0.25, 0.3) is 22.3 Å². The molecular formula is C26H33N5O4. The lowest BCUT2D eigenvalue weighted by Crippen LogP contribution is -2.37. The molecule has 1 aromatic carbocycles. The minimum Gasteiger partial charge on any atom is -0.486 e. The lowest BCUT2D eigenvalue weighted by molar-refractivity contribution is 0.0372. The Morgan fingerprint density at radius 3 is 2.66 bits per heavy atom. The van der Waals surface area contributed by atoms with E-state index in [0.29, 0.717) is 42.4 Å². The van der Waals surface area contributed by atoms with E-state index in [1.165, 1.54) is 0 Å². The van der Waals surface area contributed by atoms with Crippen LogP contribution in [0.5, 0.6) is 11.5 Å². The minimum absolute atomic E-state index is 0.106. The van der Waals surface area contributed by atoms with Crippen LogP contribution in [0.4, 0.5) is 0 Å². The molecule has 0 bridgehead atoms. The maximum atomic E-state index is 13.3. The van der Waals surface area contributed by atoms with E-state index < -0.39 is 0 Å². The van der Waals surface area contributed by atoms with Gasteiger partial charge in [-0.1, -0.05) is 0 Å². The van der Waals surface area contributed by atoms with Gasteiger partial charge in [-0.15, -0.1) is 0 Å². The highest BCUT2D eigenvalue weighted by molar-refractivity contribution is 6.06. The van der Waals surface area contributed by atoms with E-state index in [2.05, 4.69) is 29.2 Å². The third-order valence-corrected chi connectivity index (χ3v) is 6.43. The van der Waals surface area contributed by atoms with Gasteiger partial charge in [0, 0.05) is 31.2 Å². The molecule has 0 saturated carbocycles. The van der Waals surface area contributed by atoms with Crippen LogP contribution >= 0.6 is 0 Å². The molecule has 1 amide bonds. The van der Waals surface area contributed by atoms with Crippen molar-refractivity contribution >= 4 is 16.9 Å². The van der Waals surface area contributed by atoms with E-state index in [0.717, 1.165) is 62.4 Å². The molecule has 0 radical (unpaired) electrons. The number of pyridine rings is 1. The summed E-state index contributed by atoms with van der Waals surface area (Å²) in [5, 5.41) is 8.38. The van der Waals surface area contributed by atoms with Gasteiger partial charge in [0.1, 0.15) is 13.2 Å². The average molecular weight is 480 g/mol. The molecule has 2 aromatic heterocycles. The number of morpholine rings is 1. The summed E-state index contributed by atoms with van der Waals surface area (Å²) in [6.07, 6.45) is 3.71. The van der Waals surface area contributed by atoms with Crippen molar-refractivity contribution in [2.45, 2.75) is 32.7 Å². The van der Waals surface area contributed by atoms with Crippen LogP contribution in [0.15, 0.2) is 30.5 Å². The number of amides is 1. The van der Waals surface area contributed by atoms with Crippen molar-refractivity contribution in [3.8, 4) is 22.8 Å². The SMILES string of the molecule is CC(C)n1ncc2c(C(=O)NCCCCN3CCOCC3)cc(-c3ccc4c(c3)OCCO4)nc21. The Balaban J connectivity index is 1.35. The van der Waals surface area contributed by atoms with Crippen molar-refractivity contribution in [3.05, 3.63) is 36.0 Å². The fraction of sp³-hybridized carbons (Fsp3) is 0.500. The Morgan fingerprint density at radius 2 is 1.86 bits per heavy atom. The van der Waals surface area contributed by atoms with Gasteiger partial charge in [-0.05, 0) is 57.5 Å². The molecule has 9 nitrogen and oxygen atoms in total. The number of benzene rings is 1. The van der Waals surface area contributed by atoms with E-state index in [1.54, 1.807) is 6.20 Å². The summed E-state index contributed by atoms with van der Waals surface area (Å²) in [5.74, 6) is 1.31. The van der Waals surface area contributed by atoms with E-state index >= 15 is 0 Å². The monoisotopic (exact) mass is 479 g/mol. The molecule has 9 heteroatoms. The number of hydrogen-bond acceptors (Lipinski definition) is 7. The molecule has 1 fully saturated rings. The zero-order valence-corrected chi connectivity index (χ0v) is 20.5. The summed E-state index contributed by atoms with van der Waals surface area (Å²) >= 11 is 0. The minimum atomic E-state index is -0.106. The second-order valence-corrected chi connectivity index (χ2v) is 9.25. The fourth-order valence-corrected chi connectivity index (χ4v) is 4.52. The van der Waals surface area contributed by atoms with Crippen molar-refractivity contribution in [1.29, 1.82) is 0 Å². The van der Waals surface area contributed by atoms with E-state index in [9.17, 15) is 4.79 Å². The van der Waals surface area contributed by atoms with Crippen LogP contribution in [0, 0.1) is 0 Å². The number of fused-ring (bicyclic) bond motifs is 2. The number of unbranched alkanes of at least 4 members (excludes halogenated alkanes) is 1. The molecule has 0 unspecified atom stereocenters. The molecule has 3 aromatic rings. The maximum absolute atomic E-state index is 13.3. The number of nitrogens with one attached hydrogen (secondary N) is 1. The Kier molecular flexibility index (Phi) is 7.15. The molecule has 5 rings (SSSR count). The van der Waals surface area contributed by atoms with Gasteiger partial charge >= 0.3 is 0 Å². The summed E-state index contributed by atoms with van der Waals surface area (Å²) in [4.78, 5) is 20.6. The highest BCUT2D eigenvalue weighted by Gasteiger charge is 2.20. The van der Waals surface area contributed by atoms with Crippen LogP contribution in [-0.2, 0) is 4.74 Å². The molecule has 0 spiro atoms. The molecule has 2 aliphatic heterocycles. The van der Waals surface area contributed by atoms with E-state index in [4.69, 9.17) is 19.2 Å². The van der Waals surface area contributed by atoms with Gasteiger partial charge in [-0.3, -0.25) is 9.69 Å². The summed E-state index contributed by atoms with van der Waals surface area (Å²) in [6, 6.07) is 7.73. The first-order valence-electron chi connectivity index (χ1n) is 12.5. The van der Waals surface area contributed by atoms with Gasteiger partial charge in [-0.25, -0.2) is 9.67 Å². The number of aromatic nitrogens is 3. The predicted octanol–water partition coefficient (Wildman–Crippen LogP) is 3.29. The van der Waals surface area contributed by atoms with Gasteiger partial charge in [0.15, 0.2) is 17.1 Å². The average Bonchev–Trinajstić information content (AvgIpc) is 3.32. The van der Waals surface area contributed by atoms with Gasteiger partial charge in [-0.2, -0.15) is 5.10 Å². The zero-order valence-electron chi connectivity index (χ0n) is 20.5. The quantitative estimate of drug-likeness (QED) is 0.496. The van der Waals surface area contributed by atoms with Gasteiger partial charge in [0.2, 0.25) is 0 Å². The molecule has 35 heavy (non-hydrogen) atoms. The summed E-state index contributed by atoms with van der Waals surface area (Å²) < 4.78 is 18.7. The number of carbonyl (C=O) groups is 1. The van der Waals surface area contributed by atoms with Crippen molar-refractivity contribution in [2.24, 2.45) is 0 Å². The molecule has 4 heterocycles. The van der Waals surface area contributed by atoms with Gasteiger partial charge in [0.05, 0.1) is 36.1 Å². The lowest BCUT2D eigenvalue weighted by atomic mass is 10.1. The highest BCUT2D eigenvalue weighted by Crippen LogP contribution is 2.35. The molecule has 186 valence electrons. The lowest BCUT2D eigenvalue weighted by Gasteiger charge is -2.26. The van der Waals surface area contributed by atoms with Crippen molar-refractivity contribution in [3.63, 3.8) is 0 Å². The molecule has 2 aliphatic rings. The summed E-state index contributed by atoms with van der Waals surface area (Å²) in [6.45, 7) is 10.4. The van der Waals surface area contributed by atoms with Crippen molar-refractivity contribution in [1.82, 2.24) is 25.0 Å². The highest BCUT2D eigenvalue weighted by atomic mass is 16.6. The first-order chi connectivity index (χ1) is 17.1. The largest absolute Gasteiger partial charge is 0.486 e. The number of nitrogens with zero attached hydrogens (tertiary/aromatic N) is 4. The first-order valence-corrected chi connectivity index (χ1v) is 12.5. The smallest absolute Gasteiger partial charge is 0.252 e. The zero-order chi connectivity index (χ0) is 24.2. The normalized spacial score (nSPS) is 16.1. The summed E-state index contributed by atoms with van der Waals surface area (Å²) in [7, 11) is 0. The van der Waals surface area contributed by atoms with E-state index in [-0.39, 0.29) is 11.9 Å². The van der Waals surface area contributed by atoms with Crippen molar-refractivity contribution < 1.29 is 19.0 Å². The number of carbonyl (C=O) groups excluding carboxylic acids is 1. The Hall–Kier alpha value is -3.17. The Morgan fingerprint density at radius 1 is 1.06 bits per heavy atom. The first kappa shape index (κ1) is 23.6. The van der Waals surface area contributed by atoms with Crippen LogP contribution < -0.4 is 14.8 Å². The summed E-state index contributed by atoms with van der Waals surface area (Å²) in [5.41, 5.74) is 2.85. The molecule has 1 N–H and O–H groups in total. The third kappa shape index (κ3) is 5.26. The molecular weight excluding hydrogens is 446 g/mol. The molecule has 0 aliphatic carbocycles. The van der Waals surface area contributed by atoms with E-state index in [1.807, 2.05) is 28.9 Å². The molecule has 0 atom stereocenters. The second kappa shape index (κ2) is 10.6. The van der Waals surface area contributed by atoms with Gasteiger partial charge in [0.25, 0.3) is 5.91 Å². The maximum Gasteiger partial charge on any atom is 0.252 e. The van der Waals surface area contributed by atoms with Crippen LogP contribution in [0.1, 0.15) is 43.1 Å².